The van der Waals surface area contributed by atoms with Crippen molar-refractivity contribution in [3.8, 4) is 5.75 Å². The molecule has 0 radical (unpaired) electrons. The summed E-state index contributed by atoms with van der Waals surface area (Å²) in [7, 11) is 1.62. The summed E-state index contributed by atoms with van der Waals surface area (Å²) in [6, 6.07) is 13.4. The highest BCUT2D eigenvalue weighted by Crippen LogP contribution is 2.24. The van der Waals surface area contributed by atoms with Crippen LogP contribution in [0.2, 0.25) is 0 Å². The lowest BCUT2D eigenvalue weighted by Gasteiger charge is -2.35. The van der Waals surface area contributed by atoms with Crippen LogP contribution in [0.5, 0.6) is 5.75 Å². The lowest BCUT2D eigenvalue weighted by atomic mass is 10.0. The van der Waals surface area contributed by atoms with Crippen LogP contribution in [0.15, 0.2) is 48.5 Å². The first-order valence-electron chi connectivity index (χ1n) is 9.07. The van der Waals surface area contributed by atoms with E-state index in [1.54, 1.807) is 7.11 Å². The van der Waals surface area contributed by atoms with Crippen LogP contribution >= 0.6 is 0 Å². The molecule has 1 atom stereocenters. The Labute approximate surface area is 163 Å². The minimum atomic E-state index is -0.486. The number of rotatable bonds is 7. The molecule has 0 aromatic heterocycles. The van der Waals surface area contributed by atoms with Gasteiger partial charge in [0.25, 0.3) is 11.6 Å². The van der Waals surface area contributed by atoms with Crippen LogP contribution in [-0.2, 0) is 4.74 Å². The highest BCUT2D eigenvalue weighted by atomic mass is 16.6. The van der Waals surface area contributed by atoms with Crippen molar-refractivity contribution in [2.45, 2.75) is 6.04 Å². The number of hydrogen-bond acceptors (Lipinski definition) is 6. The molecule has 0 bridgehead atoms. The zero-order chi connectivity index (χ0) is 19.9. The van der Waals surface area contributed by atoms with Gasteiger partial charge in [-0.15, -0.1) is 0 Å². The van der Waals surface area contributed by atoms with E-state index in [4.69, 9.17) is 9.47 Å². The molecular formula is C20H23N3O5. The summed E-state index contributed by atoms with van der Waals surface area (Å²) in [5.74, 6) is 0.515. The van der Waals surface area contributed by atoms with Crippen LogP contribution in [0.4, 0.5) is 5.69 Å². The molecule has 1 heterocycles. The zero-order valence-corrected chi connectivity index (χ0v) is 15.7. The summed E-state index contributed by atoms with van der Waals surface area (Å²) in [5, 5.41) is 13.7. The monoisotopic (exact) mass is 385 g/mol. The zero-order valence-electron chi connectivity index (χ0n) is 15.7. The minimum Gasteiger partial charge on any atom is -0.497 e. The molecule has 1 amide bonds. The molecule has 3 rings (SSSR count). The summed E-state index contributed by atoms with van der Waals surface area (Å²) < 4.78 is 10.7. The van der Waals surface area contributed by atoms with Gasteiger partial charge in [-0.3, -0.25) is 19.8 Å². The Morgan fingerprint density at radius 1 is 1.18 bits per heavy atom. The molecule has 148 valence electrons. The Balaban J connectivity index is 1.71. The van der Waals surface area contributed by atoms with Crippen molar-refractivity contribution in [1.29, 1.82) is 0 Å². The average molecular weight is 385 g/mol. The summed E-state index contributed by atoms with van der Waals surface area (Å²) in [4.78, 5) is 25.0. The van der Waals surface area contributed by atoms with E-state index in [0.717, 1.165) is 24.4 Å². The maximum Gasteiger partial charge on any atom is 0.269 e. The van der Waals surface area contributed by atoms with Crippen LogP contribution in [0.3, 0.4) is 0 Å². The molecule has 0 spiro atoms. The van der Waals surface area contributed by atoms with Crippen molar-refractivity contribution in [3.05, 3.63) is 69.8 Å². The maximum absolute atomic E-state index is 12.5. The number of methoxy groups -OCH3 is 1. The third kappa shape index (κ3) is 4.85. The van der Waals surface area contributed by atoms with Gasteiger partial charge in [-0.2, -0.15) is 0 Å². The van der Waals surface area contributed by atoms with Gasteiger partial charge in [0, 0.05) is 37.3 Å². The van der Waals surface area contributed by atoms with E-state index in [1.165, 1.54) is 24.3 Å². The van der Waals surface area contributed by atoms with Gasteiger partial charge in [-0.25, -0.2) is 0 Å². The molecule has 1 N–H and O–H groups in total. The molecule has 0 unspecified atom stereocenters. The van der Waals surface area contributed by atoms with Gasteiger partial charge in [0.15, 0.2) is 0 Å². The lowest BCUT2D eigenvalue weighted by molar-refractivity contribution is -0.384. The van der Waals surface area contributed by atoms with Gasteiger partial charge in [0.2, 0.25) is 0 Å². The molecule has 1 aliphatic heterocycles. The number of morpholine rings is 1. The number of carbonyl (C=O) groups is 1. The van der Waals surface area contributed by atoms with E-state index in [1.807, 2.05) is 24.3 Å². The van der Waals surface area contributed by atoms with Crippen molar-refractivity contribution in [2.24, 2.45) is 0 Å². The normalized spacial score (nSPS) is 15.6. The minimum absolute atomic E-state index is 0.00296. The van der Waals surface area contributed by atoms with E-state index in [0.29, 0.717) is 25.3 Å². The number of hydrogen-bond donors (Lipinski definition) is 1. The third-order valence-corrected chi connectivity index (χ3v) is 4.78. The number of carbonyl (C=O) groups excluding carboxylic acids is 1. The first-order valence-corrected chi connectivity index (χ1v) is 9.07. The third-order valence-electron chi connectivity index (χ3n) is 4.78. The number of benzene rings is 2. The Bertz CT molecular complexity index is 802. The van der Waals surface area contributed by atoms with Gasteiger partial charge in [-0.05, 0) is 29.8 Å². The van der Waals surface area contributed by atoms with Crippen LogP contribution in [0.1, 0.15) is 22.0 Å². The second-order valence-electron chi connectivity index (χ2n) is 6.45. The number of nitro groups is 1. The van der Waals surface area contributed by atoms with Gasteiger partial charge >= 0.3 is 0 Å². The molecule has 0 aliphatic carbocycles. The van der Waals surface area contributed by atoms with Crippen molar-refractivity contribution < 1.29 is 19.2 Å². The summed E-state index contributed by atoms with van der Waals surface area (Å²) >= 11 is 0. The van der Waals surface area contributed by atoms with E-state index in [2.05, 4.69) is 10.2 Å². The van der Waals surface area contributed by atoms with Crippen LogP contribution in [0.25, 0.3) is 0 Å². The summed E-state index contributed by atoms with van der Waals surface area (Å²) in [6.45, 7) is 3.29. The van der Waals surface area contributed by atoms with Crippen LogP contribution < -0.4 is 10.1 Å². The fourth-order valence-corrected chi connectivity index (χ4v) is 3.20. The SMILES string of the molecule is COc1ccc([C@@H](CNC(=O)c2ccc([N+](=O)[O-])cc2)N2CCOCC2)cc1. The second-order valence-corrected chi connectivity index (χ2v) is 6.45. The fraction of sp³-hybridized carbons (Fsp3) is 0.350. The van der Waals surface area contributed by atoms with E-state index < -0.39 is 4.92 Å². The highest BCUT2D eigenvalue weighted by molar-refractivity contribution is 5.94. The number of ether oxygens (including phenoxy) is 2. The molecule has 28 heavy (non-hydrogen) atoms. The summed E-state index contributed by atoms with van der Waals surface area (Å²) in [6.07, 6.45) is 0. The summed E-state index contributed by atoms with van der Waals surface area (Å²) in [5.41, 5.74) is 1.42. The molecule has 1 aliphatic rings. The molecular weight excluding hydrogens is 362 g/mol. The predicted octanol–water partition coefficient (Wildman–Crippen LogP) is 2.41. The fourth-order valence-electron chi connectivity index (χ4n) is 3.20. The van der Waals surface area contributed by atoms with Crippen LogP contribution in [0, 0.1) is 10.1 Å². The Hall–Kier alpha value is -2.97. The number of nitrogens with one attached hydrogen (secondary N) is 1. The molecule has 1 fully saturated rings. The number of amides is 1. The van der Waals surface area contributed by atoms with Crippen LogP contribution in [-0.4, -0.2) is 55.7 Å². The topological polar surface area (TPSA) is 93.9 Å². The number of nitro benzene ring substituents is 1. The largest absolute Gasteiger partial charge is 0.497 e. The number of nitrogens with zero attached hydrogens (tertiary/aromatic N) is 2. The highest BCUT2D eigenvalue weighted by Gasteiger charge is 2.23. The van der Waals surface area contributed by atoms with Gasteiger partial charge in [-0.1, -0.05) is 12.1 Å². The van der Waals surface area contributed by atoms with E-state index in [9.17, 15) is 14.9 Å². The van der Waals surface area contributed by atoms with Crippen molar-refractivity contribution in [2.75, 3.05) is 40.0 Å². The molecule has 2 aromatic carbocycles. The molecule has 1 saturated heterocycles. The predicted molar refractivity (Wildman–Crippen MR) is 104 cm³/mol. The van der Waals surface area contributed by atoms with E-state index >= 15 is 0 Å². The Morgan fingerprint density at radius 3 is 2.39 bits per heavy atom. The average Bonchev–Trinajstić information content (AvgIpc) is 2.75. The first-order chi connectivity index (χ1) is 13.6. The van der Waals surface area contributed by atoms with Crippen molar-refractivity contribution >= 4 is 11.6 Å². The Morgan fingerprint density at radius 2 is 1.82 bits per heavy atom. The van der Waals surface area contributed by atoms with Gasteiger partial charge in [0.05, 0.1) is 31.3 Å². The molecule has 2 aromatic rings. The Kier molecular flexibility index (Phi) is 6.57. The smallest absolute Gasteiger partial charge is 0.269 e. The maximum atomic E-state index is 12.5. The molecule has 8 heteroatoms. The van der Waals surface area contributed by atoms with E-state index in [-0.39, 0.29) is 17.6 Å². The first kappa shape index (κ1) is 19.8. The van der Waals surface area contributed by atoms with Crippen molar-refractivity contribution in [1.82, 2.24) is 10.2 Å². The molecule has 0 saturated carbocycles. The molecule has 8 nitrogen and oxygen atoms in total. The second kappa shape index (κ2) is 9.29. The standard InChI is InChI=1S/C20H23N3O5/c1-27-18-8-4-15(5-9-18)19(22-10-12-28-13-11-22)14-21-20(24)16-2-6-17(7-3-16)23(25)26/h2-9,19H,10-14H2,1H3,(H,21,24)/t19-/m1/s1. The number of non-ortho nitro benzene ring substituents is 1. The van der Waals surface area contributed by atoms with Crippen molar-refractivity contribution in [3.63, 3.8) is 0 Å². The van der Waals surface area contributed by atoms with Gasteiger partial charge in [0.1, 0.15) is 5.75 Å². The quantitative estimate of drug-likeness (QED) is 0.581. The lowest BCUT2D eigenvalue weighted by Crippen LogP contribution is -2.43. The van der Waals surface area contributed by atoms with Gasteiger partial charge < -0.3 is 14.8 Å².